The predicted octanol–water partition coefficient (Wildman–Crippen LogP) is 2.78. The summed E-state index contributed by atoms with van der Waals surface area (Å²) in [6.07, 6.45) is 0. The van der Waals surface area contributed by atoms with Crippen LogP contribution in [0.2, 0.25) is 0 Å². The molecular formula is C20H20FN5O2S. The lowest BCUT2D eigenvalue weighted by Crippen LogP contribution is -2.33. The van der Waals surface area contributed by atoms with Gasteiger partial charge in [-0.1, -0.05) is 41.6 Å². The van der Waals surface area contributed by atoms with Crippen molar-refractivity contribution < 1.29 is 14.0 Å². The summed E-state index contributed by atoms with van der Waals surface area (Å²) in [5, 5.41) is 14.0. The van der Waals surface area contributed by atoms with E-state index >= 15 is 0 Å². The van der Waals surface area contributed by atoms with Crippen LogP contribution in [0.3, 0.4) is 0 Å². The molecule has 2 N–H and O–H groups in total. The second-order valence-electron chi connectivity index (χ2n) is 6.35. The van der Waals surface area contributed by atoms with Gasteiger partial charge < -0.3 is 15.2 Å². The molecule has 0 bridgehead atoms. The van der Waals surface area contributed by atoms with Crippen molar-refractivity contribution in [2.75, 3.05) is 17.6 Å². The number of benzene rings is 2. The number of rotatable bonds is 7. The lowest BCUT2D eigenvalue weighted by Gasteiger charge is -2.07. The topological polar surface area (TPSA) is 88.9 Å². The van der Waals surface area contributed by atoms with Crippen molar-refractivity contribution >= 4 is 29.3 Å². The molecule has 1 aromatic heterocycles. The van der Waals surface area contributed by atoms with Crippen molar-refractivity contribution in [2.24, 2.45) is 7.05 Å². The van der Waals surface area contributed by atoms with Gasteiger partial charge in [0, 0.05) is 18.3 Å². The number of anilines is 1. The van der Waals surface area contributed by atoms with Crippen molar-refractivity contribution in [1.82, 2.24) is 20.1 Å². The van der Waals surface area contributed by atoms with E-state index in [0.717, 1.165) is 11.1 Å². The largest absolute Gasteiger partial charge is 0.346 e. The highest BCUT2D eigenvalue weighted by molar-refractivity contribution is 7.99. The summed E-state index contributed by atoms with van der Waals surface area (Å²) in [6, 6.07) is 13.3. The summed E-state index contributed by atoms with van der Waals surface area (Å²) in [5.41, 5.74) is 2.56. The van der Waals surface area contributed by atoms with Crippen LogP contribution in [-0.2, 0) is 16.6 Å². The normalized spacial score (nSPS) is 10.6. The number of aryl methyl sites for hydroxylation is 1. The number of amides is 2. The molecule has 0 saturated carbocycles. The third-order valence-electron chi connectivity index (χ3n) is 4.05. The number of carbonyl (C=O) groups excluding carboxylic acids is 2. The molecular weight excluding hydrogens is 393 g/mol. The minimum Gasteiger partial charge on any atom is -0.346 e. The second kappa shape index (κ2) is 9.33. The zero-order valence-corrected chi connectivity index (χ0v) is 16.8. The van der Waals surface area contributed by atoms with Gasteiger partial charge in [-0.25, -0.2) is 4.39 Å². The first-order valence-electron chi connectivity index (χ1n) is 8.84. The van der Waals surface area contributed by atoms with Gasteiger partial charge in [-0.3, -0.25) is 9.59 Å². The SMILES string of the molecule is Cc1ccc(-c2nnc(SCC(=O)NCC(=O)Nc3ccc(F)cc3)n2C)cc1. The van der Waals surface area contributed by atoms with E-state index in [1.165, 1.54) is 36.0 Å². The summed E-state index contributed by atoms with van der Waals surface area (Å²) >= 11 is 1.23. The van der Waals surface area contributed by atoms with Gasteiger partial charge in [-0.2, -0.15) is 0 Å². The smallest absolute Gasteiger partial charge is 0.243 e. The zero-order valence-electron chi connectivity index (χ0n) is 16.0. The number of hydrogen-bond acceptors (Lipinski definition) is 5. The van der Waals surface area contributed by atoms with E-state index in [1.54, 1.807) is 0 Å². The molecule has 0 aliphatic heterocycles. The van der Waals surface area contributed by atoms with Gasteiger partial charge in [0.15, 0.2) is 11.0 Å². The molecule has 9 heteroatoms. The minimum absolute atomic E-state index is 0.101. The number of carbonyl (C=O) groups is 2. The van der Waals surface area contributed by atoms with E-state index in [1.807, 2.05) is 42.8 Å². The Morgan fingerprint density at radius 2 is 1.72 bits per heavy atom. The van der Waals surface area contributed by atoms with Gasteiger partial charge >= 0.3 is 0 Å². The van der Waals surface area contributed by atoms with Crippen molar-refractivity contribution in [3.05, 3.63) is 59.9 Å². The standard InChI is InChI=1S/C20H20FN5O2S/c1-13-3-5-14(6-4-13)19-24-25-20(26(19)2)29-12-18(28)22-11-17(27)23-16-9-7-15(21)8-10-16/h3-10H,11-12H2,1-2H3,(H,22,28)(H,23,27). The molecule has 29 heavy (non-hydrogen) atoms. The van der Waals surface area contributed by atoms with Crippen LogP contribution in [0, 0.1) is 12.7 Å². The molecule has 0 radical (unpaired) electrons. The Kier molecular flexibility index (Phi) is 6.61. The lowest BCUT2D eigenvalue weighted by atomic mass is 10.1. The van der Waals surface area contributed by atoms with Crippen molar-refractivity contribution in [3.8, 4) is 11.4 Å². The second-order valence-corrected chi connectivity index (χ2v) is 7.29. The summed E-state index contributed by atoms with van der Waals surface area (Å²) < 4.78 is 14.7. The Morgan fingerprint density at radius 3 is 2.41 bits per heavy atom. The third kappa shape index (κ3) is 5.64. The average Bonchev–Trinajstić information content (AvgIpc) is 3.07. The maximum atomic E-state index is 12.9. The first-order chi connectivity index (χ1) is 13.9. The summed E-state index contributed by atoms with van der Waals surface area (Å²) in [6.45, 7) is 1.84. The van der Waals surface area contributed by atoms with Crippen molar-refractivity contribution in [3.63, 3.8) is 0 Å². The number of halogens is 1. The van der Waals surface area contributed by atoms with Crippen LogP contribution >= 0.6 is 11.8 Å². The van der Waals surface area contributed by atoms with Crippen LogP contribution in [0.25, 0.3) is 11.4 Å². The molecule has 2 amide bonds. The Balaban J connectivity index is 1.47. The molecule has 0 saturated heterocycles. The molecule has 1 heterocycles. The number of thioether (sulfide) groups is 1. The molecule has 0 atom stereocenters. The minimum atomic E-state index is -0.393. The van der Waals surface area contributed by atoms with Gasteiger partial charge in [-0.15, -0.1) is 10.2 Å². The van der Waals surface area contributed by atoms with E-state index in [-0.39, 0.29) is 24.0 Å². The fourth-order valence-corrected chi connectivity index (χ4v) is 3.23. The average molecular weight is 413 g/mol. The quantitative estimate of drug-likeness (QED) is 0.582. The van der Waals surface area contributed by atoms with E-state index in [4.69, 9.17) is 0 Å². The van der Waals surface area contributed by atoms with Gasteiger partial charge in [0.1, 0.15) is 5.82 Å². The molecule has 0 unspecified atom stereocenters. The molecule has 7 nitrogen and oxygen atoms in total. The van der Waals surface area contributed by atoms with Gasteiger partial charge in [0.2, 0.25) is 11.8 Å². The summed E-state index contributed by atoms with van der Waals surface area (Å²) in [7, 11) is 1.84. The molecule has 0 aliphatic carbocycles. The fourth-order valence-electron chi connectivity index (χ4n) is 2.49. The Labute approximate surface area is 171 Å². The molecule has 2 aromatic carbocycles. The van der Waals surface area contributed by atoms with Crippen molar-refractivity contribution in [1.29, 1.82) is 0 Å². The number of aromatic nitrogens is 3. The van der Waals surface area contributed by atoms with Gasteiger partial charge in [0.25, 0.3) is 0 Å². The first kappa shape index (κ1) is 20.5. The van der Waals surface area contributed by atoms with Crippen LogP contribution in [-0.4, -0.2) is 38.9 Å². The molecule has 3 rings (SSSR count). The highest BCUT2D eigenvalue weighted by Crippen LogP contribution is 2.22. The Bertz CT molecular complexity index is 1000. The van der Waals surface area contributed by atoms with Crippen LogP contribution in [0.1, 0.15) is 5.56 Å². The number of nitrogens with zero attached hydrogens (tertiary/aromatic N) is 3. The van der Waals surface area contributed by atoms with Gasteiger partial charge in [0.05, 0.1) is 12.3 Å². The highest BCUT2D eigenvalue weighted by atomic mass is 32.2. The van der Waals surface area contributed by atoms with E-state index in [0.29, 0.717) is 16.7 Å². The third-order valence-corrected chi connectivity index (χ3v) is 5.07. The summed E-state index contributed by atoms with van der Waals surface area (Å²) in [5.74, 6) is -0.266. The fraction of sp³-hybridized carbons (Fsp3) is 0.200. The van der Waals surface area contributed by atoms with E-state index in [9.17, 15) is 14.0 Å². The monoisotopic (exact) mass is 413 g/mol. The van der Waals surface area contributed by atoms with E-state index in [2.05, 4.69) is 20.8 Å². The lowest BCUT2D eigenvalue weighted by molar-refractivity contribution is -0.122. The number of nitrogens with one attached hydrogen (secondary N) is 2. The van der Waals surface area contributed by atoms with Crippen molar-refractivity contribution in [2.45, 2.75) is 12.1 Å². The summed E-state index contributed by atoms with van der Waals surface area (Å²) in [4.78, 5) is 23.9. The Morgan fingerprint density at radius 1 is 1.03 bits per heavy atom. The van der Waals surface area contributed by atoms with Gasteiger partial charge in [-0.05, 0) is 31.2 Å². The molecule has 0 fully saturated rings. The maximum Gasteiger partial charge on any atom is 0.243 e. The molecule has 3 aromatic rings. The van der Waals surface area contributed by atoms with Crippen LogP contribution < -0.4 is 10.6 Å². The van der Waals surface area contributed by atoms with Crippen LogP contribution in [0.5, 0.6) is 0 Å². The van der Waals surface area contributed by atoms with E-state index < -0.39 is 5.91 Å². The zero-order chi connectivity index (χ0) is 20.8. The molecule has 0 aliphatic rings. The molecule has 0 spiro atoms. The van der Waals surface area contributed by atoms with Crippen LogP contribution in [0.4, 0.5) is 10.1 Å². The number of hydrogen-bond donors (Lipinski definition) is 2. The highest BCUT2D eigenvalue weighted by Gasteiger charge is 2.13. The predicted molar refractivity (Wildman–Crippen MR) is 110 cm³/mol. The Hall–Kier alpha value is -3.20. The van der Waals surface area contributed by atoms with Crippen LogP contribution in [0.15, 0.2) is 53.7 Å². The molecule has 150 valence electrons. The first-order valence-corrected chi connectivity index (χ1v) is 9.82. The maximum absolute atomic E-state index is 12.9.